The highest BCUT2D eigenvalue weighted by Crippen LogP contribution is 2.34. The van der Waals surface area contributed by atoms with Crippen LogP contribution in [-0.4, -0.2) is 63.1 Å². The molecule has 0 spiro atoms. The van der Waals surface area contributed by atoms with E-state index in [0.29, 0.717) is 10.6 Å². The van der Waals surface area contributed by atoms with Crippen molar-refractivity contribution in [2.45, 2.75) is 19.0 Å². The molecule has 2 amide bonds. The van der Waals surface area contributed by atoms with Gasteiger partial charge in [0, 0.05) is 37.2 Å². The van der Waals surface area contributed by atoms with E-state index in [1.807, 2.05) is 18.2 Å². The number of nitrogens with zero attached hydrogens (tertiary/aromatic N) is 3. The fraction of sp³-hybridized carbons (Fsp3) is 0.259. The van der Waals surface area contributed by atoms with Crippen LogP contribution in [0, 0.1) is 10.1 Å². The third-order valence-electron chi connectivity index (χ3n) is 6.08. The summed E-state index contributed by atoms with van der Waals surface area (Å²) in [5, 5.41) is 14.4. The van der Waals surface area contributed by atoms with Gasteiger partial charge in [0.2, 0.25) is 21.8 Å². The van der Waals surface area contributed by atoms with Crippen LogP contribution >= 0.6 is 11.6 Å². The summed E-state index contributed by atoms with van der Waals surface area (Å²) in [7, 11) is -1.43. The molecule has 13 heteroatoms. The van der Waals surface area contributed by atoms with Gasteiger partial charge in [-0.3, -0.25) is 24.0 Å². The van der Waals surface area contributed by atoms with Crippen molar-refractivity contribution in [3.05, 3.63) is 99.1 Å². The second-order valence-electron chi connectivity index (χ2n) is 8.85. The van der Waals surface area contributed by atoms with Crippen LogP contribution in [-0.2, 0) is 32.6 Å². The first-order chi connectivity index (χ1) is 18.9. The van der Waals surface area contributed by atoms with Crippen LogP contribution in [0.5, 0.6) is 5.75 Å². The number of halogens is 1. The Morgan fingerprint density at radius 1 is 1.05 bits per heavy atom. The van der Waals surface area contributed by atoms with Crippen LogP contribution in [0.25, 0.3) is 0 Å². The number of nitrogens with one attached hydrogen (secondary N) is 1. The molecule has 0 saturated carbocycles. The molecule has 0 aromatic heterocycles. The van der Waals surface area contributed by atoms with Crippen LogP contribution in [0.1, 0.15) is 11.1 Å². The predicted molar refractivity (Wildman–Crippen MR) is 152 cm³/mol. The zero-order valence-corrected chi connectivity index (χ0v) is 23.7. The van der Waals surface area contributed by atoms with Crippen LogP contribution < -0.4 is 14.4 Å². The van der Waals surface area contributed by atoms with Gasteiger partial charge in [-0.2, -0.15) is 0 Å². The molecule has 0 aliphatic carbocycles. The molecule has 0 radical (unpaired) electrons. The molecule has 0 heterocycles. The second-order valence-corrected chi connectivity index (χ2v) is 11.2. The Bertz CT molecular complexity index is 1490. The highest BCUT2D eigenvalue weighted by atomic mass is 35.5. The number of hydrogen-bond donors (Lipinski definition) is 1. The van der Waals surface area contributed by atoms with E-state index in [1.165, 1.54) is 25.1 Å². The van der Waals surface area contributed by atoms with Crippen molar-refractivity contribution in [3.63, 3.8) is 0 Å². The summed E-state index contributed by atoms with van der Waals surface area (Å²) < 4.78 is 31.8. The highest BCUT2D eigenvalue weighted by Gasteiger charge is 2.34. The van der Waals surface area contributed by atoms with Gasteiger partial charge in [0.05, 0.1) is 18.3 Å². The number of likely N-dealkylation sites (N-methyl/N-ethyl adjacent to an activating group) is 1. The summed E-state index contributed by atoms with van der Waals surface area (Å²) in [6.45, 7) is -0.812. The van der Waals surface area contributed by atoms with E-state index in [4.69, 9.17) is 16.3 Å². The monoisotopic (exact) mass is 588 g/mol. The van der Waals surface area contributed by atoms with E-state index in [9.17, 15) is 28.1 Å². The first kappa shape index (κ1) is 30.4. The molecule has 0 aliphatic heterocycles. The van der Waals surface area contributed by atoms with Gasteiger partial charge in [0.15, 0.2) is 0 Å². The number of amides is 2. The lowest BCUT2D eigenvalue weighted by Gasteiger charge is -2.33. The summed E-state index contributed by atoms with van der Waals surface area (Å²) in [5.74, 6) is -1.17. The van der Waals surface area contributed by atoms with Gasteiger partial charge >= 0.3 is 0 Å². The standard InChI is InChI=1S/C27H29ClN4O7S/c1-29-27(34)24(15-19-8-5-4-6-9-19)30(17-20-10-7-11-21(28)14-20)26(33)18-31(40(3,37)38)23-16-22(32(35)36)12-13-25(23)39-2/h4-14,16,24H,15,17-18H2,1-3H3,(H,29,34). The number of sulfonamides is 1. The van der Waals surface area contributed by atoms with Crippen molar-refractivity contribution in [2.75, 3.05) is 31.3 Å². The summed E-state index contributed by atoms with van der Waals surface area (Å²) in [6, 6.07) is 18.2. The molecule has 3 rings (SSSR count). The SMILES string of the molecule is CNC(=O)C(Cc1ccccc1)N(Cc1cccc(Cl)c1)C(=O)CN(c1cc([N+](=O)[O-])ccc1OC)S(C)(=O)=O. The molecule has 0 fully saturated rings. The lowest BCUT2D eigenvalue weighted by Crippen LogP contribution is -2.52. The Kier molecular flexibility index (Phi) is 10.1. The molecule has 1 unspecified atom stereocenters. The number of anilines is 1. The molecular weight excluding hydrogens is 560 g/mol. The van der Waals surface area contributed by atoms with E-state index in [0.717, 1.165) is 28.3 Å². The first-order valence-corrected chi connectivity index (χ1v) is 14.3. The Morgan fingerprint density at radius 2 is 1.73 bits per heavy atom. The number of carbonyl (C=O) groups excluding carboxylic acids is 2. The number of non-ortho nitro benzene ring substituents is 1. The van der Waals surface area contributed by atoms with Crippen LogP contribution in [0.2, 0.25) is 5.02 Å². The average molecular weight is 589 g/mol. The maximum Gasteiger partial charge on any atom is 0.271 e. The number of hydrogen-bond acceptors (Lipinski definition) is 7. The van der Waals surface area contributed by atoms with Crippen molar-refractivity contribution < 1.29 is 27.7 Å². The van der Waals surface area contributed by atoms with Crippen LogP contribution in [0.4, 0.5) is 11.4 Å². The fourth-order valence-electron chi connectivity index (χ4n) is 4.13. The summed E-state index contributed by atoms with van der Waals surface area (Å²) in [4.78, 5) is 39.1. The lowest BCUT2D eigenvalue weighted by atomic mass is 10.0. The highest BCUT2D eigenvalue weighted by molar-refractivity contribution is 7.92. The van der Waals surface area contributed by atoms with E-state index in [-0.39, 0.29) is 30.1 Å². The maximum atomic E-state index is 14.0. The number of ether oxygens (including phenoxy) is 1. The van der Waals surface area contributed by atoms with Gasteiger partial charge < -0.3 is 15.0 Å². The van der Waals surface area contributed by atoms with E-state index < -0.39 is 39.3 Å². The topological polar surface area (TPSA) is 139 Å². The van der Waals surface area contributed by atoms with Gasteiger partial charge in [-0.05, 0) is 29.3 Å². The van der Waals surface area contributed by atoms with E-state index >= 15 is 0 Å². The van der Waals surface area contributed by atoms with E-state index in [2.05, 4.69) is 5.32 Å². The van der Waals surface area contributed by atoms with Gasteiger partial charge in [-0.15, -0.1) is 0 Å². The first-order valence-electron chi connectivity index (χ1n) is 12.0. The fourth-order valence-corrected chi connectivity index (χ4v) is 5.19. The Labute approximate surface area is 237 Å². The molecule has 40 heavy (non-hydrogen) atoms. The van der Waals surface area contributed by atoms with Crippen molar-refractivity contribution in [2.24, 2.45) is 0 Å². The van der Waals surface area contributed by atoms with Crippen molar-refractivity contribution in [1.82, 2.24) is 10.2 Å². The molecule has 1 N–H and O–H groups in total. The molecule has 212 valence electrons. The number of nitro benzene ring substituents is 1. The van der Waals surface area contributed by atoms with Gasteiger partial charge in [0.1, 0.15) is 24.0 Å². The molecule has 11 nitrogen and oxygen atoms in total. The van der Waals surface area contributed by atoms with E-state index in [1.54, 1.807) is 36.4 Å². The smallest absolute Gasteiger partial charge is 0.271 e. The van der Waals surface area contributed by atoms with Crippen LogP contribution in [0.15, 0.2) is 72.8 Å². The zero-order valence-electron chi connectivity index (χ0n) is 22.1. The lowest BCUT2D eigenvalue weighted by molar-refractivity contribution is -0.384. The second kappa shape index (κ2) is 13.3. The molecule has 0 saturated heterocycles. The summed E-state index contributed by atoms with van der Waals surface area (Å²) in [6.07, 6.45) is 1.02. The number of nitro groups is 1. The zero-order chi connectivity index (χ0) is 29.4. The van der Waals surface area contributed by atoms with Crippen molar-refractivity contribution >= 4 is 44.8 Å². The number of carbonyl (C=O) groups is 2. The van der Waals surface area contributed by atoms with Gasteiger partial charge in [0.25, 0.3) is 5.69 Å². The molecule has 3 aromatic carbocycles. The minimum atomic E-state index is -4.15. The molecule has 1 atom stereocenters. The third-order valence-corrected chi connectivity index (χ3v) is 7.44. The molecule has 3 aromatic rings. The minimum Gasteiger partial charge on any atom is -0.495 e. The Hall–Kier alpha value is -4.16. The molecular formula is C27H29ClN4O7S. The number of rotatable bonds is 12. The molecule has 0 bridgehead atoms. The van der Waals surface area contributed by atoms with Gasteiger partial charge in [-0.25, -0.2) is 8.42 Å². The molecule has 0 aliphatic rings. The minimum absolute atomic E-state index is 0.0114. The average Bonchev–Trinajstić information content (AvgIpc) is 2.92. The summed E-state index contributed by atoms with van der Waals surface area (Å²) >= 11 is 6.17. The predicted octanol–water partition coefficient (Wildman–Crippen LogP) is 3.41. The van der Waals surface area contributed by atoms with Crippen molar-refractivity contribution in [1.29, 1.82) is 0 Å². The van der Waals surface area contributed by atoms with Gasteiger partial charge in [-0.1, -0.05) is 54.1 Å². The number of methoxy groups -OCH3 is 1. The Morgan fingerprint density at radius 3 is 2.30 bits per heavy atom. The maximum absolute atomic E-state index is 14.0. The third kappa shape index (κ3) is 7.70. The van der Waals surface area contributed by atoms with Crippen LogP contribution in [0.3, 0.4) is 0 Å². The van der Waals surface area contributed by atoms with Crippen molar-refractivity contribution in [3.8, 4) is 5.75 Å². The largest absolute Gasteiger partial charge is 0.495 e. The summed E-state index contributed by atoms with van der Waals surface area (Å²) in [5.41, 5.74) is 0.816. The normalized spacial score (nSPS) is 11.8. The quantitative estimate of drug-likeness (QED) is 0.253. The number of benzene rings is 3. The Balaban J connectivity index is 2.10.